The fourth-order valence-corrected chi connectivity index (χ4v) is 2.92. The summed E-state index contributed by atoms with van der Waals surface area (Å²) in [6, 6.07) is 17.8. The molecule has 27 heavy (non-hydrogen) atoms. The Morgan fingerprint density at radius 1 is 0.778 bits per heavy atom. The normalized spacial score (nSPS) is 11.0. The number of nitrogens with zero attached hydrogens (tertiary/aromatic N) is 4. The van der Waals surface area contributed by atoms with Gasteiger partial charge >= 0.3 is 0 Å². The summed E-state index contributed by atoms with van der Waals surface area (Å²) < 4.78 is 0. The molecule has 0 saturated carbocycles. The maximum absolute atomic E-state index is 4.52. The highest BCUT2D eigenvalue weighted by Gasteiger charge is 2.04. The van der Waals surface area contributed by atoms with Crippen LogP contribution in [0.4, 0.5) is 23.1 Å². The number of hydrogen-bond donors (Lipinski definition) is 3. The molecule has 0 aliphatic rings. The van der Waals surface area contributed by atoms with Crippen LogP contribution < -0.4 is 10.6 Å². The van der Waals surface area contributed by atoms with Crippen molar-refractivity contribution in [3.63, 3.8) is 0 Å². The van der Waals surface area contributed by atoms with Crippen molar-refractivity contribution in [2.45, 2.75) is 0 Å². The summed E-state index contributed by atoms with van der Waals surface area (Å²) >= 11 is 0. The molecule has 5 rings (SSSR count). The molecule has 3 aromatic heterocycles. The van der Waals surface area contributed by atoms with Crippen LogP contribution in [-0.4, -0.2) is 25.1 Å². The minimum Gasteiger partial charge on any atom is -0.339 e. The van der Waals surface area contributed by atoms with Crippen LogP contribution in [0, 0.1) is 0 Å². The lowest BCUT2D eigenvalue weighted by Crippen LogP contribution is -2.00. The first-order valence-corrected chi connectivity index (χ1v) is 8.48. The van der Waals surface area contributed by atoms with E-state index in [9.17, 15) is 0 Å². The second kappa shape index (κ2) is 6.38. The summed E-state index contributed by atoms with van der Waals surface area (Å²) in [6.07, 6.45) is 5.29. The molecule has 3 heterocycles. The van der Waals surface area contributed by atoms with Crippen LogP contribution in [0.5, 0.6) is 0 Å². The molecular formula is C20H15N7. The molecule has 0 fully saturated rings. The van der Waals surface area contributed by atoms with Gasteiger partial charge in [0.1, 0.15) is 5.82 Å². The Bertz CT molecular complexity index is 1250. The molecule has 0 radical (unpaired) electrons. The van der Waals surface area contributed by atoms with E-state index in [-0.39, 0.29) is 0 Å². The third kappa shape index (κ3) is 3.13. The minimum absolute atomic E-state index is 0.507. The lowest BCUT2D eigenvalue weighted by Gasteiger charge is -2.09. The Morgan fingerprint density at radius 2 is 1.74 bits per heavy atom. The molecule has 0 atom stereocenters. The third-order valence-corrected chi connectivity index (χ3v) is 4.22. The molecule has 0 spiro atoms. The van der Waals surface area contributed by atoms with E-state index in [2.05, 4.69) is 35.8 Å². The van der Waals surface area contributed by atoms with Crippen molar-refractivity contribution in [3.8, 4) is 0 Å². The molecule has 7 heteroatoms. The fraction of sp³-hybridized carbons (Fsp3) is 0. The Balaban J connectivity index is 1.39. The number of rotatable bonds is 4. The summed E-state index contributed by atoms with van der Waals surface area (Å²) in [5.41, 5.74) is 3.67. The standard InChI is InChI=1S/C20H15N7/c1-2-4-17-13(3-1)9-16(12-22-17)24-19-7-8-21-20(26-19)25-15-6-5-14-11-23-27-18(14)10-15/h1-12H,(H,23,27)(H2,21,24,25,26). The summed E-state index contributed by atoms with van der Waals surface area (Å²) in [5, 5.41) is 15.6. The van der Waals surface area contributed by atoms with E-state index in [4.69, 9.17) is 0 Å². The first-order valence-electron chi connectivity index (χ1n) is 8.48. The Labute approximate surface area is 154 Å². The molecule has 2 aromatic carbocycles. The van der Waals surface area contributed by atoms with Crippen LogP contribution in [0.15, 0.2) is 73.2 Å². The molecule has 0 saturated heterocycles. The van der Waals surface area contributed by atoms with Gasteiger partial charge in [-0.1, -0.05) is 18.2 Å². The van der Waals surface area contributed by atoms with Crippen molar-refractivity contribution in [2.24, 2.45) is 0 Å². The first kappa shape index (κ1) is 15.3. The van der Waals surface area contributed by atoms with Gasteiger partial charge in [0.15, 0.2) is 0 Å². The zero-order valence-corrected chi connectivity index (χ0v) is 14.2. The number of aromatic nitrogens is 5. The maximum atomic E-state index is 4.52. The number of nitrogens with one attached hydrogen (secondary N) is 3. The molecule has 0 unspecified atom stereocenters. The molecule has 3 N–H and O–H groups in total. The van der Waals surface area contributed by atoms with Gasteiger partial charge in [0.25, 0.3) is 0 Å². The predicted molar refractivity (Wildman–Crippen MR) is 106 cm³/mol. The molecule has 0 aliphatic carbocycles. The number of aromatic amines is 1. The quantitative estimate of drug-likeness (QED) is 0.444. The fourth-order valence-electron chi connectivity index (χ4n) is 2.92. The van der Waals surface area contributed by atoms with Gasteiger partial charge < -0.3 is 10.6 Å². The SMILES string of the molecule is c1ccc2ncc(Nc3ccnc(Nc4ccc5cn[nH]c5c4)n3)cc2c1. The highest BCUT2D eigenvalue weighted by Crippen LogP contribution is 2.22. The molecule has 0 amide bonds. The minimum atomic E-state index is 0.507. The Kier molecular flexibility index (Phi) is 3.61. The third-order valence-electron chi connectivity index (χ3n) is 4.22. The second-order valence-corrected chi connectivity index (χ2v) is 6.10. The number of fused-ring (bicyclic) bond motifs is 2. The smallest absolute Gasteiger partial charge is 0.229 e. The number of hydrogen-bond acceptors (Lipinski definition) is 6. The molecular weight excluding hydrogens is 338 g/mol. The van der Waals surface area contributed by atoms with Crippen LogP contribution >= 0.6 is 0 Å². The zero-order chi connectivity index (χ0) is 18.1. The average molecular weight is 353 g/mol. The van der Waals surface area contributed by atoms with Gasteiger partial charge in [0.2, 0.25) is 5.95 Å². The van der Waals surface area contributed by atoms with Gasteiger partial charge in [-0.05, 0) is 36.4 Å². The zero-order valence-electron chi connectivity index (χ0n) is 14.2. The number of benzene rings is 2. The Hall–Kier alpha value is -4.00. The highest BCUT2D eigenvalue weighted by molar-refractivity contribution is 5.83. The van der Waals surface area contributed by atoms with Crippen LogP contribution in [0.2, 0.25) is 0 Å². The maximum Gasteiger partial charge on any atom is 0.229 e. The first-order chi connectivity index (χ1) is 13.3. The van der Waals surface area contributed by atoms with Crippen LogP contribution in [-0.2, 0) is 0 Å². The van der Waals surface area contributed by atoms with Gasteiger partial charge in [-0.3, -0.25) is 10.1 Å². The van der Waals surface area contributed by atoms with Gasteiger partial charge in [-0.2, -0.15) is 10.1 Å². The van der Waals surface area contributed by atoms with Crippen molar-refractivity contribution in [1.29, 1.82) is 0 Å². The van der Waals surface area contributed by atoms with E-state index in [1.165, 1.54) is 0 Å². The summed E-state index contributed by atoms with van der Waals surface area (Å²) in [4.78, 5) is 13.3. The number of para-hydroxylation sites is 1. The van der Waals surface area contributed by atoms with Crippen molar-refractivity contribution < 1.29 is 0 Å². The van der Waals surface area contributed by atoms with E-state index in [0.29, 0.717) is 11.8 Å². The van der Waals surface area contributed by atoms with E-state index in [1.807, 2.05) is 54.6 Å². The lowest BCUT2D eigenvalue weighted by atomic mass is 10.2. The van der Waals surface area contributed by atoms with E-state index >= 15 is 0 Å². The van der Waals surface area contributed by atoms with Crippen LogP contribution in [0.1, 0.15) is 0 Å². The number of anilines is 4. The van der Waals surface area contributed by atoms with Crippen molar-refractivity contribution in [1.82, 2.24) is 25.1 Å². The summed E-state index contributed by atoms with van der Waals surface area (Å²) in [7, 11) is 0. The predicted octanol–water partition coefficient (Wildman–Crippen LogP) is 4.39. The van der Waals surface area contributed by atoms with Crippen molar-refractivity contribution in [3.05, 3.63) is 73.2 Å². The van der Waals surface area contributed by atoms with Crippen molar-refractivity contribution >= 4 is 44.9 Å². The van der Waals surface area contributed by atoms with E-state index in [1.54, 1.807) is 18.6 Å². The Morgan fingerprint density at radius 3 is 2.74 bits per heavy atom. The topological polar surface area (TPSA) is 91.4 Å². The average Bonchev–Trinajstić information content (AvgIpc) is 3.16. The molecule has 130 valence electrons. The lowest BCUT2D eigenvalue weighted by molar-refractivity contribution is 1.12. The second-order valence-electron chi connectivity index (χ2n) is 6.10. The monoisotopic (exact) mass is 353 g/mol. The summed E-state index contributed by atoms with van der Waals surface area (Å²) in [6.45, 7) is 0. The van der Waals surface area contributed by atoms with E-state index < -0.39 is 0 Å². The van der Waals surface area contributed by atoms with Crippen molar-refractivity contribution in [2.75, 3.05) is 10.6 Å². The van der Waals surface area contributed by atoms with Gasteiger partial charge in [0, 0.05) is 22.7 Å². The molecule has 0 bridgehead atoms. The van der Waals surface area contributed by atoms with E-state index in [0.717, 1.165) is 33.2 Å². The van der Waals surface area contributed by atoms with Gasteiger partial charge in [-0.25, -0.2) is 4.98 Å². The van der Waals surface area contributed by atoms with Gasteiger partial charge in [0.05, 0.1) is 29.1 Å². The largest absolute Gasteiger partial charge is 0.339 e. The number of H-pyrrole nitrogens is 1. The highest BCUT2D eigenvalue weighted by atomic mass is 15.1. The molecule has 7 nitrogen and oxygen atoms in total. The summed E-state index contributed by atoms with van der Waals surface area (Å²) in [5.74, 6) is 1.19. The van der Waals surface area contributed by atoms with Gasteiger partial charge in [-0.15, -0.1) is 0 Å². The van der Waals surface area contributed by atoms with Crippen LogP contribution in [0.25, 0.3) is 21.8 Å². The molecule has 0 aliphatic heterocycles. The molecule has 5 aromatic rings. The number of pyridine rings is 1. The van der Waals surface area contributed by atoms with Crippen LogP contribution in [0.3, 0.4) is 0 Å².